The van der Waals surface area contributed by atoms with Gasteiger partial charge in [0.1, 0.15) is 11.3 Å². The van der Waals surface area contributed by atoms with Crippen molar-refractivity contribution in [2.75, 3.05) is 46.7 Å². The summed E-state index contributed by atoms with van der Waals surface area (Å²) in [6.45, 7) is 3.35. The summed E-state index contributed by atoms with van der Waals surface area (Å²) in [4.78, 5) is 15.5. The normalized spacial score (nSPS) is 14.1. The highest BCUT2D eigenvalue weighted by atomic mass is 32.2. The molecule has 1 N–H and O–H groups in total. The van der Waals surface area contributed by atoms with Gasteiger partial charge in [-0.15, -0.1) is 11.8 Å². The molecule has 1 aliphatic heterocycles. The molecule has 1 fully saturated rings. The molecule has 0 saturated carbocycles. The molecule has 0 radical (unpaired) electrons. The summed E-state index contributed by atoms with van der Waals surface area (Å²) in [6.07, 6.45) is 3.30. The van der Waals surface area contributed by atoms with E-state index < -0.39 is 0 Å². The Kier molecular flexibility index (Phi) is 6.73. The minimum atomic E-state index is 0.227. The lowest BCUT2D eigenvalue weighted by Crippen LogP contribution is -2.46. The molecule has 0 spiro atoms. The van der Waals surface area contributed by atoms with E-state index >= 15 is 0 Å². The van der Waals surface area contributed by atoms with Gasteiger partial charge in [0.2, 0.25) is 5.91 Å². The second kappa shape index (κ2) is 9.66. The van der Waals surface area contributed by atoms with Crippen molar-refractivity contribution in [2.24, 2.45) is 0 Å². The largest absolute Gasteiger partial charge is 0.493 e. The van der Waals surface area contributed by atoms with Gasteiger partial charge in [-0.05, 0) is 48.6 Å². The molecule has 7 heteroatoms. The predicted octanol–water partition coefficient (Wildman–Crippen LogP) is 4.20. The molecule has 2 heterocycles. The summed E-state index contributed by atoms with van der Waals surface area (Å²) in [7, 11) is 3.25. The number of rotatable bonds is 7. The van der Waals surface area contributed by atoms with Gasteiger partial charge in [0.15, 0.2) is 11.5 Å². The molecule has 4 rings (SSSR count). The Morgan fingerprint density at radius 2 is 1.87 bits per heavy atom. The van der Waals surface area contributed by atoms with E-state index in [0.717, 1.165) is 65.4 Å². The van der Waals surface area contributed by atoms with Crippen molar-refractivity contribution >= 4 is 28.6 Å². The Hall–Kier alpha value is -2.64. The number of methoxy groups -OCH3 is 2. The van der Waals surface area contributed by atoms with Gasteiger partial charge in [-0.3, -0.25) is 4.79 Å². The Morgan fingerprint density at radius 3 is 2.58 bits per heavy atom. The molecule has 3 aromatic rings. The van der Waals surface area contributed by atoms with Crippen molar-refractivity contribution in [3.63, 3.8) is 0 Å². The monoisotopic (exact) mass is 440 g/mol. The first kappa shape index (κ1) is 21.6. The number of hydrogen-bond acceptors (Lipinski definition) is 6. The topological polar surface area (TPSA) is 63.9 Å². The molecule has 0 bridgehead atoms. The number of hydrogen-bond donors (Lipinski definition) is 1. The Balaban J connectivity index is 1.59. The number of furan rings is 1. The van der Waals surface area contributed by atoms with Crippen LogP contribution in [0, 0.1) is 0 Å². The third-order valence-electron chi connectivity index (χ3n) is 5.65. The van der Waals surface area contributed by atoms with Crippen LogP contribution in [0.1, 0.15) is 12.0 Å². The number of ether oxygens (including phenoxy) is 2. The average Bonchev–Trinajstić information content (AvgIpc) is 3.20. The molecule has 1 amide bonds. The smallest absolute Gasteiger partial charge is 0.222 e. The van der Waals surface area contributed by atoms with E-state index in [1.54, 1.807) is 26.0 Å². The van der Waals surface area contributed by atoms with Crippen LogP contribution in [-0.4, -0.2) is 57.5 Å². The lowest BCUT2D eigenvalue weighted by molar-refractivity contribution is -0.131. The lowest BCUT2D eigenvalue weighted by atomic mass is 10.1. The van der Waals surface area contributed by atoms with Crippen molar-refractivity contribution in [1.82, 2.24) is 10.2 Å². The summed E-state index contributed by atoms with van der Waals surface area (Å²) in [5.41, 5.74) is 2.92. The van der Waals surface area contributed by atoms with Gasteiger partial charge in [0.25, 0.3) is 0 Å². The predicted molar refractivity (Wildman–Crippen MR) is 124 cm³/mol. The highest BCUT2D eigenvalue weighted by molar-refractivity contribution is 7.99. The fraction of sp³-hybridized carbons (Fsp3) is 0.375. The van der Waals surface area contributed by atoms with Crippen molar-refractivity contribution in [3.05, 3.63) is 42.0 Å². The number of nitrogens with zero attached hydrogens (tertiary/aromatic N) is 1. The number of carbonyl (C=O) groups is 1. The van der Waals surface area contributed by atoms with Gasteiger partial charge in [0, 0.05) is 43.5 Å². The maximum Gasteiger partial charge on any atom is 0.222 e. The van der Waals surface area contributed by atoms with Crippen LogP contribution >= 0.6 is 11.8 Å². The van der Waals surface area contributed by atoms with E-state index in [1.165, 1.54) is 0 Å². The second-order valence-electron chi connectivity index (χ2n) is 7.50. The maximum atomic E-state index is 12.5. The zero-order valence-electron chi connectivity index (χ0n) is 18.2. The van der Waals surface area contributed by atoms with E-state index in [9.17, 15) is 4.79 Å². The van der Waals surface area contributed by atoms with Gasteiger partial charge in [-0.1, -0.05) is 6.07 Å². The number of piperazine rings is 1. The van der Waals surface area contributed by atoms with Crippen molar-refractivity contribution in [3.8, 4) is 22.8 Å². The van der Waals surface area contributed by atoms with Crippen LogP contribution < -0.4 is 14.8 Å². The fourth-order valence-electron chi connectivity index (χ4n) is 3.97. The first-order chi connectivity index (χ1) is 15.1. The van der Waals surface area contributed by atoms with Crippen molar-refractivity contribution < 1.29 is 18.7 Å². The lowest BCUT2D eigenvalue weighted by Gasteiger charge is -2.27. The van der Waals surface area contributed by atoms with Crippen molar-refractivity contribution in [1.29, 1.82) is 0 Å². The standard InChI is InChI=1S/C24H28N2O4S/c1-28-20-8-6-17(15-21(20)29-2)23-24(31-3)18-14-16(4-7-19(18)30-23)5-9-22(27)26-12-10-25-11-13-26/h4,6-8,14-15,25H,5,9-13H2,1-3H3. The summed E-state index contributed by atoms with van der Waals surface area (Å²) in [5.74, 6) is 2.39. The summed E-state index contributed by atoms with van der Waals surface area (Å²) >= 11 is 1.66. The molecule has 2 aromatic carbocycles. The first-order valence-corrected chi connectivity index (χ1v) is 11.7. The number of nitrogens with one attached hydrogen (secondary N) is 1. The third-order valence-corrected chi connectivity index (χ3v) is 6.47. The quantitative estimate of drug-likeness (QED) is 0.556. The molecule has 31 heavy (non-hydrogen) atoms. The van der Waals surface area contributed by atoms with Crippen LogP contribution in [-0.2, 0) is 11.2 Å². The Labute approximate surface area is 186 Å². The van der Waals surface area contributed by atoms with Crippen LogP contribution in [0.2, 0.25) is 0 Å². The molecule has 1 aliphatic rings. The molecule has 0 aliphatic carbocycles. The van der Waals surface area contributed by atoms with Crippen LogP contribution in [0.3, 0.4) is 0 Å². The number of amides is 1. The first-order valence-electron chi connectivity index (χ1n) is 10.4. The number of fused-ring (bicyclic) bond motifs is 1. The molecule has 1 saturated heterocycles. The molecule has 6 nitrogen and oxygen atoms in total. The van der Waals surface area contributed by atoms with Crippen LogP contribution in [0.4, 0.5) is 0 Å². The van der Waals surface area contributed by atoms with E-state index in [1.807, 2.05) is 29.2 Å². The highest BCUT2D eigenvalue weighted by Gasteiger charge is 2.19. The number of carbonyl (C=O) groups excluding carboxylic acids is 1. The zero-order chi connectivity index (χ0) is 21.8. The van der Waals surface area contributed by atoms with Gasteiger partial charge in [-0.25, -0.2) is 0 Å². The van der Waals surface area contributed by atoms with Gasteiger partial charge in [-0.2, -0.15) is 0 Å². The molecule has 1 aromatic heterocycles. The molecule has 164 valence electrons. The second-order valence-corrected chi connectivity index (χ2v) is 8.31. The zero-order valence-corrected chi connectivity index (χ0v) is 19.0. The van der Waals surface area contributed by atoms with E-state index in [2.05, 4.69) is 23.7 Å². The van der Waals surface area contributed by atoms with Gasteiger partial charge in [0.05, 0.1) is 19.1 Å². The van der Waals surface area contributed by atoms with Crippen LogP contribution in [0.5, 0.6) is 11.5 Å². The van der Waals surface area contributed by atoms with E-state index in [4.69, 9.17) is 13.9 Å². The highest BCUT2D eigenvalue weighted by Crippen LogP contribution is 2.42. The summed E-state index contributed by atoms with van der Waals surface area (Å²) in [6, 6.07) is 12.0. The van der Waals surface area contributed by atoms with Crippen LogP contribution in [0.25, 0.3) is 22.3 Å². The summed E-state index contributed by atoms with van der Waals surface area (Å²) in [5, 5.41) is 4.36. The van der Waals surface area contributed by atoms with E-state index in [-0.39, 0.29) is 5.91 Å². The number of benzene rings is 2. The third kappa shape index (κ3) is 4.52. The minimum Gasteiger partial charge on any atom is -0.493 e. The number of thioether (sulfide) groups is 1. The Bertz CT molecular complexity index is 1070. The number of aryl methyl sites for hydroxylation is 1. The maximum absolute atomic E-state index is 12.5. The summed E-state index contributed by atoms with van der Waals surface area (Å²) < 4.78 is 17.0. The molecular formula is C24H28N2O4S. The van der Waals surface area contributed by atoms with Gasteiger partial charge < -0.3 is 24.1 Å². The fourth-order valence-corrected chi connectivity index (χ4v) is 4.70. The Morgan fingerprint density at radius 1 is 1.10 bits per heavy atom. The van der Waals surface area contributed by atoms with E-state index in [0.29, 0.717) is 17.9 Å². The molecular weight excluding hydrogens is 412 g/mol. The molecule has 0 unspecified atom stereocenters. The van der Waals surface area contributed by atoms with Crippen LogP contribution in [0.15, 0.2) is 45.7 Å². The SMILES string of the molecule is COc1ccc(-c2oc3ccc(CCC(=O)N4CCNCC4)cc3c2SC)cc1OC. The molecule has 0 atom stereocenters. The minimum absolute atomic E-state index is 0.227. The van der Waals surface area contributed by atoms with Crippen molar-refractivity contribution in [2.45, 2.75) is 17.7 Å². The average molecular weight is 441 g/mol. The van der Waals surface area contributed by atoms with Gasteiger partial charge >= 0.3 is 0 Å².